The zero-order valence-corrected chi connectivity index (χ0v) is 34.2. The molecule has 8 nitrogen and oxygen atoms in total. The summed E-state index contributed by atoms with van der Waals surface area (Å²) in [6.07, 6.45) is 14.6. The van der Waals surface area contributed by atoms with E-state index in [1.165, 1.54) is 16.7 Å². The van der Waals surface area contributed by atoms with Crippen LogP contribution in [0.2, 0.25) is 0 Å². The fraction of sp³-hybridized carbons (Fsp3) is 0.522. The summed E-state index contributed by atoms with van der Waals surface area (Å²) in [5.74, 6) is 2.45. The number of fused-ring (bicyclic) bond motifs is 2. The lowest BCUT2D eigenvalue weighted by atomic mass is 9.56. The number of nitrogens with zero attached hydrogens (tertiary/aromatic N) is 2. The summed E-state index contributed by atoms with van der Waals surface area (Å²) >= 11 is 1.87. The summed E-state index contributed by atoms with van der Waals surface area (Å²) in [6.45, 7) is 15.0. The van der Waals surface area contributed by atoms with Crippen molar-refractivity contribution >= 4 is 17.5 Å². The van der Waals surface area contributed by atoms with E-state index < -0.39 is 11.4 Å². The molecule has 1 aromatic heterocycles. The number of oxime groups is 1. The Balaban J connectivity index is 1.52. The van der Waals surface area contributed by atoms with Gasteiger partial charge in [-0.1, -0.05) is 36.2 Å². The van der Waals surface area contributed by atoms with E-state index in [4.69, 9.17) is 24.2 Å². The van der Waals surface area contributed by atoms with Crippen LogP contribution in [0.25, 0.3) is 0 Å². The molecular formula is C46H60N2O6S. The van der Waals surface area contributed by atoms with E-state index in [9.17, 15) is 10.2 Å². The van der Waals surface area contributed by atoms with Crippen molar-refractivity contribution in [2.24, 2.45) is 22.9 Å². The van der Waals surface area contributed by atoms with Gasteiger partial charge in [0.15, 0.2) is 0 Å². The maximum Gasteiger partial charge on any atom is 0.230 e. The third-order valence-electron chi connectivity index (χ3n) is 11.2. The highest BCUT2D eigenvalue weighted by Gasteiger charge is 2.64. The first-order valence-corrected chi connectivity index (χ1v) is 21.1. The Morgan fingerprint density at radius 3 is 2.40 bits per heavy atom. The highest BCUT2D eigenvalue weighted by Crippen LogP contribution is 2.62. The van der Waals surface area contributed by atoms with Crippen LogP contribution in [0.3, 0.4) is 0 Å². The van der Waals surface area contributed by atoms with Gasteiger partial charge in [-0.25, -0.2) is 0 Å². The quantitative estimate of drug-likeness (QED) is 0.0750. The average molecular weight is 769 g/mol. The minimum Gasteiger partial charge on any atom is -0.460 e. The molecule has 3 aromatic rings. The number of allylic oxidation sites excluding steroid dienone is 1. The molecule has 2 aromatic carbocycles. The van der Waals surface area contributed by atoms with Gasteiger partial charge in [0.2, 0.25) is 5.79 Å². The summed E-state index contributed by atoms with van der Waals surface area (Å²) in [5.41, 5.74) is 6.35. The standard InChI is InChI=1S/C46H60N2O6S/c1-7-25-51-46-42(55-26-20-33-18-21-47-22-19-33)30-40(48-54-45(4,5)6)38-28-34(12-8-10-23-49)37(13-9-11-24-50)43(44(38)46)39-29-36(16-17-41(39)53-46)52-35-15-14-31(2)32(3)27-35/h7,14-19,21-22,27-29,34,37,42-44,49-50H,1,8-13,20,23-26,30H2,2-6H3. The lowest BCUT2D eigenvalue weighted by Gasteiger charge is -2.58. The van der Waals surface area contributed by atoms with E-state index in [1.54, 1.807) is 0 Å². The molecule has 1 aliphatic heterocycles. The van der Waals surface area contributed by atoms with Crippen LogP contribution in [-0.4, -0.2) is 63.1 Å². The number of thioether (sulfide) groups is 1. The molecule has 6 atom stereocenters. The predicted octanol–water partition coefficient (Wildman–Crippen LogP) is 9.90. The van der Waals surface area contributed by atoms with Gasteiger partial charge in [-0.15, -0.1) is 6.58 Å². The molecule has 1 fully saturated rings. The van der Waals surface area contributed by atoms with Crippen LogP contribution in [-0.2, 0) is 16.0 Å². The van der Waals surface area contributed by atoms with Gasteiger partial charge >= 0.3 is 0 Å². The second kappa shape index (κ2) is 18.5. The second-order valence-electron chi connectivity index (χ2n) is 16.3. The molecule has 296 valence electrons. The Labute approximate surface area is 332 Å². The average Bonchev–Trinajstić information content (AvgIpc) is 3.16. The van der Waals surface area contributed by atoms with Gasteiger partial charge in [0, 0.05) is 43.5 Å². The number of aryl methyl sites for hydroxylation is 3. The number of pyridine rings is 1. The molecular weight excluding hydrogens is 709 g/mol. The summed E-state index contributed by atoms with van der Waals surface area (Å²) < 4.78 is 21.0. The number of rotatable bonds is 18. The molecule has 0 amide bonds. The van der Waals surface area contributed by atoms with Crippen molar-refractivity contribution in [2.75, 3.05) is 25.6 Å². The maximum atomic E-state index is 9.93. The van der Waals surface area contributed by atoms with E-state index >= 15 is 0 Å². The molecule has 0 saturated heterocycles. The van der Waals surface area contributed by atoms with E-state index in [-0.39, 0.29) is 42.1 Å². The van der Waals surface area contributed by atoms with Crippen molar-refractivity contribution in [2.45, 2.75) is 109 Å². The number of ether oxygens (including phenoxy) is 3. The smallest absolute Gasteiger partial charge is 0.230 e. The van der Waals surface area contributed by atoms with Gasteiger partial charge in [0.25, 0.3) is 0 Å². The van der Waals surface area contributed by atoms with Crippen LogP contribution >= 0.6 is 11.8 Å². The topological polar surface area (TPSA) is 103 Å². The number of aliphatic hydroxyl groups excluding tert-OH is 2. The first-order valence-electron chi connectivity index (χ1n) is 20.1. The van der Waals surface area contributed by atoms with Gasteiger partial charge in [0.05, 0.1) is 23.5 Å². The van der Waals surface area contributed by atoms with Gasteiger partial charge in [-0.3, -0.25) is 4.98 Å². The van der Waals surface area contributed by atoms with Crippen LogP contribution < -0.4 is 9.47 Å². The van der Waals surface area contributed by atoms with Gasteiger partial charge in [-0.2, -0.15) is 11.8 Å². The number of aromatic nitrogens is 1. The van der Waals surface area contributed by atoms with Crippen LogP contribution in [0.4, 0.5) is 0 Å². The van der Waals surface area contributed by atoms with E-state index in [0.29, 0.717) is 13.0 Å². The molecule has 3 aliphatic rings. The van der Waals surface area contributed by atoms with Crippen LogP contribution in [0.15, 0.2) is 90.4 Å². The Morgan fingerprint density at radius 1 is 0.964 bits per heavy atom. The van der Waals surface area contributed by atoms with Crippen molar-refractivity contribution in [3.63, 3.8) is 0 Å². The summed E-state index contributed by atoms with van der Waals surface area (Å²) in [7, 11) is 0. The number of benzene rings is 2. The minimum absolute atomic E-state index is 0.00174. The summed E-state index contributed by atoms with van der Waals surface area (Å²) in [6, 6.07) is 16.6. The van der Waals surface area contributed by atoms with Gasteiger partial charge in [0.1, 0.15) is 22.8 Å². The Hall–Kier alpha value is -3.63. The molecule has 6 unspecified atom stereocenters. The van der Waals surface area contributed by atoms with Crippen LogP contribution in [0.1, 0.15) is 93.9 Å². The molecule has 0 bridgehead atoms. The zero-order valence-electron chi connectivity index (χ0n) is 33.3. The van der Waals surface area contributed by atoms with Crippen molar-refractivity contribution in [3.05, 3.63) is 107 Å². The molecule has 2 heterocycles. The number of hydrogen-bond donors (Lipinski definition) is 2. The SMILES string of the molecule is C=CCOC12Oc3ccc(Oc4ccc(C)c(C)c4)cc3C3C(CCCCO)C(CCCCO)C=C(C(=NOC(C)(C)C)CC1SCCc1ccncc1)C32. The molecule has 55 heavy (non-hydrogen) atoms. The highest BCUT2D eigenvalue weighted by molar-refractivity contribution is 8.00. The molecule has 1 saturated carbocycles. The lowest BCUT2D eigenvalue weighted by Crippen LogP contribution is -2.64. The molecule has 2 aliphatic carbocycles. The third kappa shape index (κ3) is 9.67. The number of aliphatic hydroxyl groups is 2. The first-order chi connectivity index (χ1) is 26.6. The Morgan fingerprint density at radius 2 is 1.69 bits per heavy atom. The van der Waals surface area contributed by atoms with Crippen molar-refractivity contribution in [1.29, 1.82) is 0 Å². The zero-order chi connectivity index (χ0) is 39.0. The second-order valence-corrected chi connectivity index (χ2v) is 17.6. The maximum absolute atomic E-state index is 9.93. The highest BCUT2D eigenvalue weighted by atomic mass is 32.2. The molecule has 0 radical (unpaired) electrons. The van der Waals surface area contributed by atoms with Gasteiger partial charge < -0.3 is 29.3 Å². The van der Waals surface area contributed by atoms with Crippen molar-refractivity contribution in [3.8, 4) is 17.2 Å². The summed E-state index contributed by atoms with van der Waals surface area (Å²) in [4.78, 5) is 10.5. The fourth-order valence-corrected chi connectivity index (χ4v) is 9.92. The van der Waals surface area contributed by atoms with Gasteiger partial charge in [-0.05, 0) is 149 Å². The lowest BCUT2D eigenvalue weighted by molar-refractivity contribution is -0.223. The third-order valence-corrected chi connectivity index (χ3v) is 12.6. The monoisotopic (exact) mass is 768 g/mol. The largest absolute Gasteiger partial charge is 0.460 e. The van der Waals surface area contributed by atoms with Crippen LogP contribution in [0, 0.1) is 31.6 Å². The van der Waals surface area contributed by atoms with E-state index in [2.05, 4.69) is 67.9 Å². The molecule has 2 N–H and O–H groups in total. The van der Waals surface area contributed by atoms with Crippen molar-refractivity contribution < 1.29 is 29.3 Å². The molecule has 0 spiro atoms. The molecule has 6 rings (SSSR count). The Bertz CT molecular complexity index is 1810. The normalized spacial score (nSPS) is 25.0. The van der Waals surface area contributed by atoms with E-state index in [0.717, 1.165) is 84.8 Å². The van der Waals surface area contributed by atoms with Crippen molar-refractivity contribution in [1.82, 2.24) is 4.98 Å². The number of unbranched alkanes of at least 4 members (excludes halogenated alkanes) is 2. The first kappa shape index (κ1) is 41.0. The van der Waals surface area contributed by atoms with E-state index in [1.807, 2.05) is 63.1 Å². The Kier molecular flexibility index (Phi) is 13.8. The number of hydrogen-bond acceptors (Lipinski definition) is 9. The van der Waals surface area contributed by atoms with Crippen LogP contribution in [0.5, 0.6) is 17.2 Å². The summed E-state index contributed by atoms with van der Waals surface area (Å²) in [5, 5.41) is 24.6. The minimum atomic E-state index is -1.01. The predicted molar refractivity (Wildman–Crippen MR) is 222 cm³/mol. The molecule has 9 heteroatoms. The fourth-order valence-electron chi connectivity index (χ4n) is 8.51.